The summed E-state index contributed by atoms with van der Waals surface area (Å²) in [7, 11) is 0. The molecule has 0 atom stereocenters. The summed E-state index contributed by atoms with van der Waals surface area (Å²) >= 11 is 0. The Bertz CT molecular complexity index is 502. The maximum absolute atomic E-state index is 12.3. The lowest BCUT2D eigenvalue weighted by atomic mass is 9.78. The largest absolute Gasteiger partial charge is 0.507 e. The minimum absolute atomic E-state index is 0.0966. The van der Waals surface area contributed by atoms with Gasteiger partial charge in [0.25, 0.3) is 5.91 Å². The number of amides is 1. The van der Waals surface area contributed by atoms with E-state index in [1.165, 1.54) is 25.7 Å². The van der Waals surface area contributed by atoms with Crippen LogP contribution in [0, 0.1) is 18.3 Å². The predicted octanol–water partition coefficient (Wildman–Crippen LogP) is 4.04. The molecular weight excluding hydrogens is 262 g/mol. The molecule has 0 spiro atoms. The van der Waals surface area contributed by atoms with Crippen molar-refractivity contribution in [2.75, 3.05) is 6.54 Å². The minimum Gasteiger partial charge on any atom is -0.507 e. The Hall–Kier alpha value is -1.51. The van der Waals surface area contributed by atoms with Crippen LogP contribution in [0.25, 0.3) is 0 Å². The first kappa shape index (κ1) is 15.9. The fraction of sp³-hybridized carbons (Fsp3) is 0.611. The molecule has 1 saturated carbocycles. The lowest BCUT2D eigenvalue weighted by molar-refractivity contribution is 0.0919. The number of aryl methyl sites for hydroxylation is 1. The average Bonchev–Trinajstić information content (AvgIpc) is 2.87. The van der Waals surface area contributed by atoms with Crippen LogP contribution in [-0.4, -0.2) is 17.6 Å². The van der Waals surface area contributed by atoms with Gasteiger partial charge in [0.05, 0.1) is 5.56 Å². The van der Waals surface area contributed by atoms with Crippen molar-refractivity contribution in [2.24, 2.45) is 11.3 Å². The molecule has 1 aromatic rings. The molecule has 0 saturated heterocycles. The highest BCUT2D eigenvalue weighted by Gasteiger charge is 2.34. The molecule has 1 aliphatic rings. The highest BCUT2D eigenvalue weighted by molar-refractivity contribution is 5.97. The van der Waals surface area contributed by atoms with Crippen LogP contribution in [0.15, 0.2) is 18.2 Å². The normalized spacial score (nSPS) is 17.1. The van der Waals surface area contributed by atoms with E-state index in [1.54, 1.807) is 6.07 Å². The van der Waals surface area contributed by atoms with E-state index in [0.717, 1.165) is 18.5 Å². The topological polar surface area (TPSA) is 49.3 Å². The maximum Gasteiger partial charge on any atom is 0.255 e. The molecule has 0 unspecified atom stereocenters. The molecule has 2 N–H and O–H groups in total. The van der Waals surface area contributed by atoms with E-state index in [-0.39, 0.29) is 17.1 Å². The van der Waals surface area contributed by atoms with Crippen LogP contribution in [0.4, 0.5) is 0 Å². The molecular formula is C18H27NO2. The maximum atomic E-state index is 12.3. The van der Waals surface area contributed by atoms with E-state index in [1.807, 2.05) is 19.1 Å². The minimum atomic E-state index is -0.161. The van der Waals surface area contributed by atoms with Gasteiger partial charge in [-0.2, -0.15) is 0 Å². The average molecular weight is 289 g/mol. The number of para-hydroxylation sites is 1. The quantitative estimate of drug-likeness (QED) is 0.859. The summed E-state index contributed by atoms with van der Waals surface area (Å²) in [6.07, 6.45) is 6.08. The van der Waals surface area contributed by atoms with Gasteiger partial charge in [-0.25, -0.2) is 0 Å². The first-order chi connectivity index (χ1) is 9.93. The Morgan fingerprint density at radius 1 is 1.33 bits per heavy atom. The summed E-state index contributed by atoms with van der Waals surface area (Å²) in [5, 5.41) is 13.1. The van der Waals surface area contributed by atoms with E-state index in [2.05, 4.69) is 19.2 Å². The second-order valence-corrected chi connectivity index (χ2v) is 6.96. The van der Waals surface area contributed by atoms with Gasteiger partial charge in [0, 0.05) is 6.54 Å². The number of benzene rings is 1. The Morgan fingerprint density at radius 3 is 2.62 bits per heavy atom. The molecule has 3 nitrogen and oxygen atoms in total. The van der Waals surface area contributed by atoms with E-state index < -0.39 is 0 Å². The molecule has 0 aliphatic heterocycles. The molecule has 0 heterocycles. The summed E-state index contributed by atoms with van der Waals surface area (Å²) in [6, 6.07) is 5.30. The number of hydrogen-bond acceptors (Lipinski definition) is 2. The van der Waals surface area contributed by atoms with Gasteiger partial charge in [0.2, 0.25) is 0 Å². The highest BCUT2D eigenvalue weighted by Crippen LogP contribution is 2.42. The van der Waals surface area contributed by atoms with Gasteiger partial charge >= 0.3 is 0 Å². The van der Waals surface area contributed by atoms with Crippen LogP contribution in [0.2, 0.25) is 0 Å². The second kappa shape index (κ2) is 6.50. The lowest BCUT2D eigenvalue weighted by Gasteiger charge is -2.31. The van der Waals surface area contributed by atoms with Crippen LogP contribution in [0.5, 0.6) is 5.75 Å². The van der Waals surface area contributed by atoms with Gasteiger partial charge in [-0.15, -0.1) is 0 Å². The monoisotopic (exact) mass is 289 g/mol. The number of aromatic hydroxyl groups is 1. The van der Waals surface area contributed by atoms with Crippen LogP contribution >= 0.6 is 0 Å². The number of carbonyl (C=O) groups is 1. The number of hydrogen-bond donors (Lipinski definition) is 2. The van der Waals surface area contributed by atoms with Gasteiger partial charge in [-0.05, 0) is 49.1 Å². The highest BCUT2D eigenvalue weighted by atomic mass is 16.3. The fourth-order valence-electron chi connectivity index (χ4n) is 3.65. The summed E-state index contributed by atoms with van der Waals surface area (Å²) in [4.78, 5) is 12.3. The molecule has 0 aromatic heterocycles. The first-order valence-electron chi connectivity index (χ1n) is 8.00. The first-order valence-corrected chi connectivity index (χ1v) is 8.00. The zero-order valence-corrected chi connectivity index (χ0v) is 13.4. The number of nitrogens with one attached hydrogen (secondary N) is 1. The Kier molecular flexibility index (Phi) is 4.92. The van der Waals surface area contributed by atoms with Crippen LogP contribution in [0.3, 0.4) is 0 Å². The van der Waals surface area contributed by atoms with E-state index >= 15 is 0 Å². The summed E-state index contributed by atoms with van der Waals surface area (Å²) in [6.45, 7) is 7.02. The zero-order chi connectivity index (χ0) is 15.5. The molecule has 1 aromatic carbocycles. The van der Waals surface area contributed by atoms with Crippen LogP contribution < -0.4 is 5.32 Å². The van der Waals surface area contributed by atoms with E-state index in [4.69, 9.17) is 0 Å². The van der Waals surface area contributed by atoms with Gasteiger partial charge in [0.15, 0.2) is 0 Å². The molecule has 3 heteroatoms. The van der Waals surface area contributed by atoms with Crippen LogP contribution in [0.1, 0.15) is 61.9 Å². The summed E-state index contributed by atoms with van der Waals surface area (Å²) in [5.41, 5.74) is 1.37. The molecule has 1 aliphatic carbocycles. The number of phenolic OH excluding ortho intramolecular Hbond substituents is 1. The van der Waals surface area contributed by atoms with Gasteiger partial charge in [-0.1, -0.05) is 38.8 Å². The molecule has 2 rings (SSSR count). The Labute approximate surface area is 127 Å². The molecule has 116 valence electrons. The van der Waals surface area contributed by atoms with Gasteiger partial charge in [-0.3, -0.25) is 4.79 Å². The van der Waals surface area contributed by atoms with E-state index in [9.17, 15) is 9.90 Å². The molecule has 1 amide bonds. The zero-order valence-electron chi connectivity index (χ0n) is 13.4. The molecule has 0 bridgehead atoms. The van der Waals surface area contributed by atoms with Crippen molar-refractivity contribution in [2.45, 2.75) is 52.9 Å². The molecule has 21 heavy (non-hydrogen) atoms. The predicted molar refractivity (Wildman–Crippen MR) is 85.5 cm³/mol. The Morgan fingerprint density at radius 2 is 2.00 bits per heavy atom. The molecule has 0 radical (unpaired) electrons. The number of rotatable bonds is 5. The van der Waals surface area contributed by atoms with Crippen molar-refractivity contribution in [3.63, 3.8) is 0 Å². The van der Waals surface area contributed by atoms with Crippen LogP contribution in [-0.2, 0) is 0 Å². The smallest absolute Gasteiger partial charge is 0.255 e. The van der Waals surface area contributed by atoms with Crippen molar-refractivity contribution in [1.29, 1.82) is 0 Å². The van der Waals surface area contributed by atoms with Crippen molar-refractivity contribution < 1.29 is 9.90 Å². The molecule has 1 fully saturated rings. The fourth-order valence-corrected chi connectivity index (χ4v) is 3.65. The third-order valence-electron chi connectivity index (χ3n) is 4.61. The van der Waals surface area contributed by atoms with Gasteiger partial charge < -0.3 is 10.4 Å². The lowest BCUT2D eigenvalue weighted by Crippen LogP contribution is -2.36. The number of phenols is 1. The summed E-state index contributed by atoms with van der Waals surface area (Å²) in [5.74, 6) is 0.581. The Balaban J connectivity index is 2.04. The SMILES string of the molecule is Cc1cccc(C(=O)NCC2(CC(C)C)CCCC2)c1O. The number of carbonyl (C=O) groups excluding carboxylic acids is 1. The summed E-state index contributed by atoms with van der Waals surface area (Å²) < 4.78 is 0. The van der Waals surface area contributed by atoms with Crippen molar-refractivity contribution in [3.05, 3.63) is 29.3 Å². The van der Waals surface area contributed by atoms with Crippen molar-refractivity contribution in [3.8, 4) is 5.75 Å². The van der Waals surface area contributed by atoms with Crippen molar-refractivity contribution >= 4 is 5.91 Å². The van der Waals surface area contributed by atoms with Gasteiger partial charge in [0.1, 0.15) is 5.75 Å². The third-order valence-corrected chi connectivity index (χ3v) is 4.61. The third kappa shape index (κ3) is 3.78. The second-order valence-electron chi connectivity index (χ2n) is 6.96. The van der Waals surface area contributed by atoms with E-state index in [0.29, 0.717) is 11.5 Å². The van der Waals surface area contributed by atoms with Crippen molar-refractivity contribution in [1.82, 2.24) is 5.32 Å². The standard InChI is InChI=1S/C18H27NO2/c1-13(2)11-18(9-4-5-10-18)12-19-17(21)15-8-6-7-14(3)16(15)20/h6-8,13,20H,4-5,9-12H2,1-3H3,(H,19,21).